The van der Waals surface area contributed by atoms with Crippen LogP contribution in [0, 0.1) is 0 Å². The molecule has 0 bridgehead atoms. The van der Waals surface area contributed by atoms with Crippen LogP contribution < -0.4 is 4.68 Å². The van der Waals surface area contributed by atoms with Crippen molar-refractivity contribution in [1.29, 1.82) is 0 Å². The Kier molecular flexibility index (Phi) is 2.49. The molecule has 2 heterocycles. The van der Waals surface area contributed by atoms with Crippen molar-refractivity contribution in [2.24, 2.45) is 7.05 Å². The van der Waals surface area contributed by atoms with E-state index >= 15 is 0 Å². The molecule has 2 aromatic rings. The van der Waals surface area contributed by atoms with Gasteiger partial charge >= 0.3 is 12.3 Å². The van der Waals surface area contributed by atoms with Crippen LogP contribution in [0.25, 0.3) is 11.6 Å². The van der Waals surface area contributed by atoms with Crippen LogP contribution in [-0.4, -0.2) is 10.1 Å². The van der Waals surface area contributed by atoms with Gasteiger partial charge in [0.05, 0.1) is 0 Å². The molecule has 0 saturated heterocycles. The van der Waals surface area contributed by atoms with Crippen molar-refractivity contribution in [1.82, 2.24) is 10.1 Å². The van der Waals surface area contributed by atoms with Crippen molar-refractivity contribution in [2.45, 2.75) is 19.8 Å². The predicted molar refractivity (Wildman–Crippen MR) is 55.0 cm³/mol. The molecule has 0 aliphatic rings. The quantitative estimate of drug-likeness (QED) is 0.699. The van der Waals surface area contributed by atoms with Gasteiger partial charge in [0.25, 0.3) is 0 Å². The van der Waals surface area contributed by atoms with Crippen LogP contribution in [0.2, 0.25) is 0 Å². The van der Waals surface area contributed by atoms with Gasteiger partial charge in [-0.1, -0.05) is 18.5 Å². The summed E-state index contributed by atoms with van der Waals surface area (Å²) >= 11 is 0. The van der Waals surface area contributed by atoms with E-state index in [-0.39, 0.29) is 0 Å². The molecular weight excluding hydrogens is 190 g/mol. The Morgan fingerprint density at radius 3 is 2.80 bits per heavy atom. The molecule has 4 nitrogen and oxygen atoms in total. The Labute approximate surface area is 88.6 Å². The lowest BCUT2D eigenvalue weighted by atomic mass is 10.0. The van der Waals surface area contributed by atoms with Gasteiger partial charge in [-0.15, -0.1) is 0 Å². The summed E-state index contributed by atoms with van der Waals surface area (Å²) in [5.74, 6) is 1.04. The van der Waals surface area contributed by atoms with Gasteiger partial charge in [-0.3, -0.25) is 4.98 Å². The predicted octanol–water partition coefficient (Wildman–Crippen LogP) is 1.68. The molecule has 2 aromatic heterocycles. The summed E-state index contributed by atoms with van der Waals surface area (Å²) in [7, 11) is 1.82. The first-order valence-electron chi connectivity index (χ1n) is 4.94. The third-order valence-corrected chi connectivity index (χ3v) is 2.24. The molecule has 0 spiro atoms. The van der Waals surface area contributed by atoms with E-state index in [0.717, 1.165) is 5.69 Å². The van der Waals surface area contributed by atoms with Gasteiger partial charge in [0, 0.05) is 11.3 Å². The summed E-state index contributed by atoms with van der Waals surface area (Å²) in [6.45, 7) is 4.29. The van der Waals surface area contributed by atoms with Crippen molar-refractivity contribution in [2.75, 3.05) is 0 Å². The fourth-order valence-corrected chi connectivity index (χ4v) is 1.35. The average Bonchev–Trinajstić information content (AvgIpc) is 2.65. The van der Waals surface area contributed by atoms with Crippen molar-refractivity contribution >= 4 is 0 Å². The minimum atomic E-state index is 0.482. The molecule has 0 aliphatic heterocycles. The standard InChI is InChI=1S/C11H14N3O/c1-8(2)9-4-5-12-10(6-9)11-13-14(3)7-15-11/h4-8H,1-3H3/q+1. The van der Waals surface area contributed by atoms with E-state index in [4.69, 9.17) is 4.42 Å². The molecule has 0 unspecified atom stereocenters. The second kappa shape index (κ2) is 3.81. The number of hydrogen-bond donors (Lipinski definition) is 0. The maximum atomic E-state index is 5.27. The normalized spacial score (nSPS) is 10.9. The maximum absolute atomic E-state index is 5.27. The summed E-state index contributed by atoms with van der Waals surface area (Å²) in [5, 5.41) is 4.17. The first-order valence-corrected chi connectivity index (χ1v) is 4.94. The van der Waals surface area contributed by atoms with Crippen molar-refractivity contribution in [3.63, 3.8) is 0 Å². The topological polar surface area (TPSA) is 42.8 Å². The van der Waals surface area contributed by atoms with Gasteiger partial charge in [-0.05, 0) is 23.6 Å². The highest BCUT2D eigenvalue weighted by Gasteiger charge is 2.12. The van der Waals surface area contributed by atoms with Crippen molar-refractivity contribution in [3.8, 4) is 11.6 Å². The molecular formula is C11H14N3O+. The highest BCUT2D eigenvalue weighted by Crippen LogP contribution is 2.19. The zero-order valence-corrected chi connectivity index (χ0v) is 9.14. The van der Waals surface area contributed by atoms with Crippen LogP contribution in [0.4, 0.5) is 0 Å². The molecule has 0 radical (unpaired) electrons. The second-order valence-corrected chi connectivity index (χ2v) is 3.83. The van der Waals surface area contributed by atoms with Gasteiger partial charge in [0.1, 0.15) is 5.69 Å². The van der Waals surface area contributed by atoms with Gasteiger partial charge in [0.2, 0.25) is 0 Å². The molecule has 0 amide bonds. The first kappa shape index (κ1) is 9.83. The van der Waals surface area contributed by atoms with Gasteiger partial charge in [-0.25, -0.2) is 0 Å². The first-order chi connectivity index (χ1) is 7.16. The van der Waals surface area contributed by atoms with Crippen LogP contribution in [0.15, 0.2) is 29.1 Å². The molecule has 0 atom stereocenters. The number of rotatable bonds is 2. The van der Waals surface area contributed by atoms with Crippen LogP contribution in [0.3, 0.4) is 0 Å². The van der Waals surface area contributed by atoms with Gasteiger partial charge in [0.15, 0.2) is 7.05 Å². The Hall–Kier alpha value is -1.71. The van der Waals surface area contributed by atoms with E-state index in [9.17, 15) is 0 Å². The summed E-state index contributed by atoms with van der Waals surface area (Å²) < 4.78 is 6.90. The van der Waals surface area contributed by atoms with Crippen molar-refractivity contribution < 1.29 is 9.10 Å². The number of aromatic nitrogens is 3. The van der Waals surface area contributed by atoms with E-state index in [1.807, 2.05) is 19.2 Å². The molecule has 2 rings (SSSR count). The van der Waals surface area contributed by atoms with E-state index in [2.05, 4.69) is 23.9 Å². The molecule has 0 fully saturated rings. The van der Waals surface area contributed by atoms with Crippen LogP contribution in [0.5, 0.6) is 0 Å². The number of aryl methyl sites for hydroxylation is 1. The highest BCUT2D eigenvalue weighted by atomic mass is 16.4. The van der Waals surface area contributed by atoms with Crippen molar-refractivity contribution in [3.05, 3.63) is 30.3 Å². The largest absolute Gasteiger partial charge is 0.382 e. The minimum Gasteiger partial charge on any atom is -0.382 e. The number of pyridine rings is 1. The smallest absolute Gasteiger partial charge is 0.361 e. The van der Waals surface area contributed by atoms with E-state index in [1.54, 1.807) is 17.3 Å². The Balaban J connectivity index is 2.41. The number of nitrogens with zero attached hydrogens (tertiary/aromatic N) is 3. The minimum absolute atomic E-state index is 0.482. The number of hydrogen-bond acceptors (Lipinski definition) is 3. The van der Waals surface area contributed by atoms with Gasteiger partial charge < -0.3 is 4.42 Å². The van der Waals surface area contributed by atoms with E-state index in [0.29, 0.717) is 11.8 Å². The van der Waals surface area contributed by atoms with E-state index in [1.165, 1.54) is 5.56 Å². The molecule has 0 N–H and O–H groups in total. The summed E-state index contributed by atoms with van der Waals surface area (Å²) in [5.41, 5.74) is 2.02. The zero-order valence-electron chi connectivity index (χ0n) is 9.14. The maximum Gasteiger partial charge on any atom is 0.361 e. The lowest BCUT2D eigenvalue weighted by Crippen LogP contribution is -2.28. The Bertz CT molecular complexity index is 462. The lowest BCUT2D eigenvalue weighted by molar-refractivity contribution is -0.730. The van der Waals surface area contributed by atoms with Gasteiger partial charge in [-0.2, -0.15) is 0 Å². The molecule has 0 aromatic carbocycles. The summed E-state index contributed by atoms with van der Waals surface area (Å²) in [6.07, 6.45) is 3.34. The average molecular weight is 204 g/mol. The highest BCUT2D eigenvalue weighted by molar-refractivity contribution is 5.47. The molecule has 0 aliphatic carbocycles. The molecule has 4 heteroatoms. The lowest BCUT2D eigenvalue weighted by Gasteiger charge is -2.04. The Morgan fingerprint density at radius 2 is 2.20 bits per heavy atom. The third-order valence-electron chi connectivity index (χ3n) is 2.24. The zero-order chi connectivity index (χ0) is 10.8. The fourth-order valence-electron chi connectivity index (χ4n) is 1.35. The summed E-state index contributed by atoms with van der Waals surface area (Å²) in [6, 6.07) is 4.02. The van der Waals surface area contributed by atoms with Crippen LogP contribution in [0.1, 0.15) is 25.3 Å². The van der Waals surface area contributed by atoms with E-state index < -0.39 is 0 Å². The monoisotopic (exact) mass is 204 g/mol. The Morgan fingerprint density at radius 1 is 1.40 bits per heavy atom. The summed E-state index contributed by atoms with van der Waals surface area (Å²) in [4.78, 5) is 4.24. The van der Waals surface area contributed by atoms with Crippen LogP contribution >= 0.6 is 0 Å². The molecule has 0 saturated carbocycles. The SMILES string of the molecule is CC(C)c1ccnc(-c2n[n+](C)co2)c1. The fraction of sp³-hybridized carbons (Fsp3) is 0.364. The second-order valence-electron chi connectivity index (χ2n) is 3.83. The van der Waals surface area contributed by atoms with Crippen LogP contribution in [-0.2, 0) is 7.05 Å². The molecule has 78 valence electrons. The molecule has 15 heavy (non-hydrogen) atoms. The third kappa shape index (κ3) is 2.03.